The van der Waals surface area contributed by atoms with Crippen LogP contribution in [0.2, 0.25) is 0 Å². The van der Waals surface area contributed by atoms with Crippen molar-refractivity contribution in [2.45, 2.75) is 12.7 Å². The molecule has 1 aromatic heterocycles. The van der Waals surface area contributed by atoms with E-state index in [9.17, 15) is 13.2 Å². The fraction of sp³-hybridized carbons (Fsp3) is 0.167. The fourth-order valence-corrected chi connectivity index (χ4v) is 3.09. The van der Waals surface area contributed by atoms with Gasteiger partial charge >= 0.3 is 6.18 Å². The third kappa shape index (κ3) is 3.81. The summed E-state index contributed by atoms with van der Waals surface area (Å²) in [5.74, 6) is 1.37. The van der Waals surface area contributed by atoms with Gasteiger partial charge in [0.15, 0.2) is 0 Å². The molecule has 1 heterocycles. The number of benzene rings is 2. The largest absolute Gasteiger partial charge is 0.496 e. The summed E-state index contributed by atoms with van der Waals surface area (Å²) in [7, 11) is 1.61. The first-order chi connectivity index (χ1) is 11.9. The molecule has 0 saturated heterocycles. The third-order valence-electron chi connectivity index (χ3n) is 3.80. The van der Waals surface area contributed by atoms with Crippen LogP contribution in [0.4, 0.5) is 13.2 Å². The Balaban J connectivity index is 1.97. The maximum atomic E-state index is 12.7. The second-order valence-corrected chi connectivity index (χ2v) is 6.48. The van der Waals surface area contributed by atoms with Crippen molar-refractivity contribution in [1.29, 1.82) is 0 Å². The number of rotatable bonds is 4. The van der Waals surface area contributed by atoms with E-state index in [0.29, 0.717) is 17.9 Å². The lowest BCUT2D eigenvalue weighted by atomic mass is 10.1. The summed E-state index contributed by atoms with van der Waals surface area (Å²) in [4.78, 5) is 4.36. The van der Waals surface area contributed by atoms with Crippen LogP contribution in [-0.4, -0.2) is 16.7 Å². The summed E-state index contributed by atoms with van der Waals surface area (Å²) < 4.78 is 46.4. The van der Waals surface area contributed by atoms with Gasteiger partial charge in [0, 0.05) is 11.1 Å². The number of methoxy groups -OCH3 is 1. The molecule has 0 aliphatic rings. The molecular weight excluding hydrogens is 444 g/mol. The van der Waals surface area contributed by atoms with Crippen LogP contribution in [-0.2, 0) is 12.7 Å². The monoisotopic (exact) mass is 458 g/mol. The molecule has 25 heavy (non-hydrogen) atoms. The van der Waals surface area contributed by atoms with E-state index >= 15 is 0 Å². The third-order valence-corrected chi connectivity index (χ3v) is 4.66. The standard InChI is InChI=1S/C18H14F3IN2O/c1-25-15-5-3-2-4-13(15)11-24-16(22)10-23-17(24)12-6-8-14(9-7-12)18(19,20)21/h2-10H,11H2,1H3. The van der Waals surface area contributed by atoms with Gasteiger partial charge in [0.1, 0.15) is 15.3 Å². The molecule has 0 amide bonds. The maximum Gasteiger partial charge on any atom is 0.416 e. The summed E-state index contributed by atoms with van der Waals surface area (Å²) in [5.41, 5.74) is 0.925. The highest BCUT2D eigenvalue weighted by molar-refractivity contribution is 14.1. The lowest BCUT2D eigenvalue weighted by Gasteiger charge is -2.13. The maximum absolute atomic E-state index is 12.7. The lowest BCUT2D eigenvalue weighted by Crippen LogP contribution is -2.07. The minimum Gasteiger partial charge on any atom is -0.496 e. The van der Waals surface area contributed by atoms with Gasteiger partial charge in [-0.25, -0.2) is 4.98 Å². The molecule has 3 nitrogen and oxygen atoms in total. The number of alkyl halides is 3. The van der Waals surface area contributed by atoms with Crippen LogP contribution < -0.4 is 4.74 Å². The van der Waals surface area contributed by atoms with Gasteiger partial charge in [-0.05, 0) is 40.8 Å². The Morgan fingerprint density at radius 2 is 1.76 bits per heavy atom. The molecule has 0 atom stereocenters. The van der Waals surface area contributed by atoms with Crippen molar-refractivity contribution in [1.82, 2.24) is 9.55 Å². The Hall–Kier alpha value is -2.03. The van der Waals surface area contributed by atoms with Crippen molar-refractivity contribution in [3.05, 3.63) is 69.6 Å². The van der Waals surface area contributed by atoms with Crippen LogP contribution in [0, 0.1) is 3.70 Å². The average molecular weight is 458 g/mol. The van der Waals surface area contributed by atoms with Crippen molar-refractivity contribution in [2.75, 3.05) is 7.11 Å². The molecule has 0 radical (unpaired) electrons. The molecule has 0 unspecified atom stereocenters. The summed E-state index contributed by atoms with van der Waals surface area (Å²) in [6, 6.07) is 12.7. The van der Waals surface area contributed by atoms with Gasteiger partial charge in [-0.1, -0.05) is 30.3 Å². The fourth-order valence-electron chi connectivity index (χ4n) is 2.55. The highest BCUT2D eigenvalue weighted by atomic mass is 127. The molecule has 2 aromatic carbocycles. The molecule has 0 bridgehead atoms. The molecule has 0 spiro atoms. The zero-order valence-electron chi connectivity index (χ0n) is 13.2. The first-order valence-corrected chi connectivity index (χ1v) is 8.48. The molecule has 0 N–H and O–H groups in total. The van der Waals surface area contributed by atoms with Crippen molar-refractivity contribution in [2.24, 2.45) is 0 Å². The van der Waals surface area contributed by atoms with Crippen molar-refractivity contribution in [3.8, 4) is 17.1 Å². The van der Waals surface area contributed by atoms with Crippen LogP contribution in [0.15, 0.2) is 54.7 Å². The van der Waals surface area contributed by atoms with E-state index in [1.807, 2.05) is 28.8 Å². The van der Waals surface area contributed by atoms with Gasteiger partial charge in [0.25, 0.3) is 0 Å². The first kappa shape index (κ1) is 17.8. The lowest BCUT2D eigenvalue weighted by molar-refractivity contribution is -0.137. The van der Waals surface area contributed by atoms with Crippen LogP contribution >= 0.6 is 22.6 Å². The van der Waals surface area contributed by atoms with Gasteiger partial charge in [0.2, 0.25) is 0 Å². The van der Waals surface area contributed by atoms with Crippen LogP contribution in [0.5, 0.6) is 5.75 Å². The van der Waals surface area contributed by atoms with E-state index < -0.39 is 11.7 Å². The Labute approximate surface area is 156 Å². The Bertz CT molecular complexity index is 873. The predicted molar refractivity (Wildman–Crippen MR) is 97.5 cm³/mol. The van der Waals surface area contributed by atoms with E-state index in [1.165, 1.54) is 12.1 Å². The molecule has 3 rings (SSSR count). The minimum absolute atomic E-state index is 0.513. The zero-order chi connectivity index (χ0) is 18.0. The number of imidazole rings is 1. The van der Waals surface area contributed by atoms with Gasteiger partial charge < -0.3 is 9.30 Å². The topological polar surface area (TPSA) is 27.1 Å². The van der Waals surface area contributed by atoms with Crippen LogP contribution in [0.25, 0.3) is 11.4 Å². The van der Waals surface area contributed by atoms with Gasteiger partial charge in [-0.15, -0.1) is 0 Å². The average Bonchev–Trinajstić information content (AvgIpc) is 2.95. The molecule has 3 aromatic rings. The van der Waals surface area contributed by atoms with Crippen molar-refractivity contribution >= 4 is 22.6 Å². The van der Waals surface area contributed by atoms with E-state index in [1.54, 1.807) is 13.3 Å². The summed E-state index contributed by atoms with van der Waals surface area (Å²) >= 11 is 2.16. The molecule has 0 aliphatic carbocycles. The summed E-state index contributed by atoms with van der Waals surface area (Å²) in [6.45, 7) is 0.513. The number of para-hydroxylation sites is 1. The van der Waals surface area contributed by atoms with Crippen LogP contribution in [0.1, 0.15) is 11.1 Å². The molecular formula is C18H14F3IN2O. The van der Waals surface area contributed by atoms with E-state index in [4.69, 9.17) is 4.74 Å². The SMILES string of the molecule is COc1ccccc1Cn1c(I)cnc1-c1ccc(C(F)(F)F)cc1. The second kappa shape index (κ2) is 7.07. The molecule has 0 fully saturated rings. The van der Waals surface area contributed by atoms with Crippen molar-refractivity contribution in [3.63, 3.8) is 0 Å². The zero-order valence-corrected chi connectivity index (χ0v) is 15.4. The molecule has 0 saturated carbocycles. The second-order valence-electron chi connectivity index (χ2n) is 5.38. The molecule has 130 valence electrons. The number of hydrogen-bond acceptors (Lipinski definition) is 2. The van der Waals surface area contributed by atoms with Gasteiger partial charge in [-0.3, -0.25) is 0 Å². The smallest absolute Gasteiger partial charge is 0.416 e. The predicted octanol–water partition coefficient (Wildman–Crippen LogP) is 5.23. The van der Waals surface area contributed by atoms with Crippen molar-refractivity contribution < 1.29 is 17.9 Å². The number of halogens is 4. The van der Waals surface area contributed by atoms with E-state index in [2.05, 4.69) is 27.6 Å². The Morgan fingerprint density at radius 3 is 2.40 bits per heavy atom. The number of ether oxygens (including phenoxy) is 1. The Morgan fingerprint density at radius 1 is 1.08 bits per heavy atom. The number of nitrogens with zero attached hydrogens (tertiary/aromatic N) is 2. The number of aromatic nitrogens is 2. The highest BCUT2D eigenvalue weighted by Gasteiger charge is 2.30. The Kier molecular flexibility index (Phi) is 5.03. The van der Waals surface area contributed by atoms with Gasteiger partial charge in [-0.2, -0.15) is 13.2 Å². The van der Waals surface area contributed by atoms with E-state index in [0.717, 1.165) is 27.1 Å². The van der Waals surface area contributed by atoms with E-state index in [-0.39, 0.29) is 0 Å². The molecule has 7 heteroatoms. The quantitative estimate of drug-likeness (QED) is 0.501. The molecule has 0 aliphatic heterocycles. The van der Waals surface area contributed by atoms with Crippen LogP contribution in [0.3, 0.4) is 0 Å². The highest BCUT2D eigenvalue weighted by Crippen LogP contribution is 2.31. The number of hydrogen-bond donors (Lipinski definition) is 0. The summed E-state index contributed by atoms with van der Waals surface area (Å²) in [6.07, 6.45) is -2.65. The first-order valence-electron chi connectivity index (χ1n) is 7.40. The van der Waals surface area contributed by atoms with Gasteiger partial charge in [0.05, 0.1) is 25.4 Å². The summed E-state index contributed by atoms with van der Waals surface area (Å²) in [5, 5.41) is 0. The minimum atomic E-state index is -4.35. The normalized spacial score (nSPS) is 11.6.